The van der Waals surface area contributed by atoms with Gasteiger partial charge in [0.25, 0.3) is 5.56 Å². The molecule has 1 aliphatic heterocycles. The minimum Gasteiger partial charge on any atom is -0.312 e. The van der Waals surface area contributed by atoms with Crippen LogP contribution in [0.4, 0.5) is 5.82 Å². The molecule has 2 heterocycles. The first kappa shape index (κ1) is 16.8. The molecule has 1 amide bonds. The Morgan fingerprint density at radius 3 is 2.92 bits per heavy atom. The summed E-state index contributed by atoms with van der Waals surface area (Å²) in [7, 11) is 1.78. The number of aromatic nitrogens is 2. The summed E-state index contributed by atoms with van der Waals surface area (Å²) in [6.07, 6.45) is 1.91. The molecule has 124 valence electrons. The van der Waals surface area contributed by atoms with Crippen molar-refractivity contribution in [1.82, 2.24) is 9.55 Å². The van der Waals surface area contributed by atoms with E-state index in [1.807, 2.05) is 18.2 Å². The largest absolute Gasteiger partial charge is 0.312 e. The topological polar surface area (TPSA) is 64.0 Å². The lowest BCUT2D eigenvalue weighted by Crippen LogP contribution is -2.33. The molecule has 7 heteroatoms. The zero-order chi connectivity index (χ0) is 17.3. The van der Waals surface area contributed by atoms with Crippen LogP contribution in [0.3, 0.4) is 0 Å². The fourth-order valence-corrected chi connectivity index (χ4v) is 3.79. The number of hydrogen-bond donors (Lipinski definition) is 1. The predicted octanol–water partition coefficient (Wildman–Crippen LogP) is 3.19. The van der Waals surface area contributed by atoms with Crippen LogP contribution in [0, 0.1) is 0 Å². The van der Waals surface area contributed by atoms with Crippen molar-refractivity contribution < 1.29 is 4.79 Å². The zero-order valence-electron chi connectivity index (χ0n) is 13.1. The van der Waals surface area contributed by atoms with Gasteiger partial charge in [0.2, 0.25) is 5.91 Å². The highest BCUT2D eigenvalue weighted by Gasteiger charge is 2.32. The van der Waals surface area contributed by atoms with Crippen LogP contribution in [0.1, 0.15) is 23.5 Å². The quantitative estimate of drug-likeness (QED) is 0.516. The van der Waals surface area contributed by atoms with Crippen LogP contribution in [-0.4, -0.2) is 21.2 Å². The minimum atomic E-state index is -0.396. The molecular weight excluding hydrogens is 346 g/mol. The number of amides is 1. The Labute approximate surface area is 148 Å². The summed E-state index contributed by atoms with van der Waals surface area (Å²) < 4.78 is 1.74. The summed E-state index contributed by atoms with van der Waals surface area (Å²) in [5.74, 6) is 0.573. The van der Waals surface area contributed by atoms with Crippen LogP contribution >= 0.6 is 23.4 Å². The maximum Gasteiger partial charge on any atom is 0.279 e. The molecule has 3 rings (SSSR count). The lowest BCUT2D eigenvalue weighted by atomic mass is 9.87. The summed E-state index contributed by atoms with van der Waals surface area (Å²) in [6, 6.07) is 7.27. The Hall–Kier alpha value is -2.05. The van der Waals surface area contributed by atoms with Crippen LogP contribution < -0.4 is 10.9 Å². The van der Waals surface area contributed by atoms with Crippen molar-refractivity contribution in [2.75, 3.05) is 11.1 Å². The van der Waals surface area contributed by atoms with Gasteiger partial charge >= 0.3 is 0 Å². The summed E-state index contributed by atoms with van der Waals surface area (Å²) in [5, 5.41) is 3.88. The average molecular weight is 362 g/mol. The number of rotatable bonds is 4. The van der Waals surface area contributed by atoms with Gasteiger partial charge in [-0.1, -0.05) is 47.6 Å². The molecule has 1 atom stereocenters. The number of halogens is 1. The fraction of sp³-hybridized carbons (Fsp3) is 0.235. The Morgan fingerprint density at radius 1 is 1.46 bits per heavy atom. The van der Waals surface area contributed by atoms with Crippen LogP contribution in [0.15, 0.2) is 46.9 Å². The minimum absolute atomic E-state index is 0.145. The van der Waals surface area contributed by atoms with Gasteiger partial charge in [0.15, 0.2) is 5.16 Å². The molecule has 0 spiro atoms. The lowest BCUT2D eigenvalue weighted by Gasteiger charge is -2.27. The molecule has 0 saturated heterocycles. The Balaban J connectivity index is 2.18. The highest BCUT2D eigenvalue weighted by Crippen LogP contribution is 2.38. The number of nitrogens with one attached hydrogen (secondary N) is 1. The molecule has 0 bridgehead atoms. The van der Waals surface area contributed by atoms with E-state index in [2.05, 4.69) is 16.9 Å². The van der Waals surface area contributed by atoms with Gasteiger partial charge in [0, 0.05) is 30.2 Å². The number of anilines is 1. The van der Waals surface area contributed by atoms with Gasteiger partial charge < -0.3 is 9.88 Å². The van der Waals surface area contributed by atoms with Gasteiger partial charge in [-0.15, -0.1) is 6.58 Å². The molecule has 1 N–H and O–H groups in total. The van der Waals surface area contributed by atoms with Crippen molar-refractivity contribution >= 4 is 35.1 Å². The second-order valence-corrected chi connectivity index (χ2v) is 6.84. The fourth-order valence-electron chi connectivity index (χ4n) is 2.82. The number of carbonyl (C=O) groups is 1. The molecule has 5 nitrogen and oxygen atoms in total. The number of fused-ring (bicyclic) bond motifs is 1. The molecule has 1 aromatic heterocycles. The standard InChI is InChI=1S/C17H16ClN3O2S/c1-3-8-24-17-20-16(23)14-11(10-6-4-5-7-12(10)18)9-13(22)19-15(14)21(17)2/h3-7,11H,1,8-9H2,2H3,(H,19,22)/t11-/m1/s1. The van der Waals surface area contributed by atoms with E-state index < -0.39 is 5.92 Å². The summed E-state index contributed by atoms with van der Waals surface area (Å²) in [4.78, 5) is 29.0. The van der Waals surface area contributed by atoms with Gasteiger partial charge in [0.05, 0.1) is 5.56 Å². The third-order valence-electron chi connectivity index (χ3n) is 3.91. The number of carbonyl (C=O) groups excluding carboxylic acids is 1. The lowest BCUT2D eigenvalue weighted by molar-refractivity contribution is -0.116. The third-order valence-corrected chi connectivity index (χ3v) is 5.28. The molecule has 0 fully saturated rings. The molecule has 24 heavy (non-hydrogen) atoms. The van der Waals surface area contributed by atoms with Gasteiger partial charge in [-0.25, -0.2) is 0 Å². The van der Waals surface area contributed by atoms with Crippen molar-refractivity contribution in [3.05, 3.63) is 63.4 Å². The van der Waals surface area contributed by atoms with E-state index in [-0.39, 0.29) is 17.9 Å². The van der Waals surface area contributed by atoms with Crippen LogP contribution in [0.25, 0.3) is 0 Å². The molecule has 1 aromatic carbocycles. The number of thioether (sulfide) groups is 1. The van der Waals surface area contributed by atoms with Crippen molar-refractivity contribution in [3.63, 3.8) is 0 Å². The first-order valence-corrected chi connectivity index (χ1v) is 8.78. The van der Waals surface area contributed by atoms with Crippen molar-refractivity contribution in [3.8, 4) is 0 Å². The van der Waals surface area contributed by atoms with Crippen molar-refractivity contribution in [1.29, 1.82) is 0 Å². The molecule has 0 aliphatic carbocycles. The molecule has 0 saturated carbocycles. The van der Waals surface area contributed by atoms with E-state index in [0.29, 0.717) is 27.3 Å². The normalized spacial score (nSPS) is 16.4. The Bertz CT molecular complexity index is 879. The van der Waals surface area contributed by atoms with E-state index in [4.69, 9.17) is 11.6 Å². The van der Waals surface area contributed by atoms with E-state index in [1.165, 1.54) is 11.8 Å². The highest BCUT2D eigenvalue weighted by atomic mass is 35.5. The summed E-state index contributed by atoms with van der Waals surface area (Å²) >= 11 is 7.68. The second kappa shape index (κ2) is 6.83. The van der Waals surface area contributed by atoms with Crippen LogP contribution in [-0.2, 0) is 11.8 Å². The number of benzene rings is 1. The van der Waals surface area contributed by atoms with Gasteiger partial charge in [0.1, 0.15) is 5.82 Å². The maximum absolute atomic E-state index is 12.6. The molecule has 2 aromatic rings. The summed E-state index contributed by atoms with van der Waals surface area (Å²) in [5.41, 5.74) is 0.911. The first-order chi connectivity index (χ1) is 11.5. The van der Waals surface area contributed by atoms with E-state index in [0.717, 1.165) is 5.56 Å². The van der Waals surface area contributed by atoms with Gasteiger partial charge in [-0.3, -0.25) is 9.59 Å². The summed E-state index contributed by atoms with van der Waals surface area (Å²) in [6.45, 7) is 3.67. The van der Waals surface area contributed by atoms with E-state index in [1.54, 1.807) is 23.8 Å². The Kier molecular flexibility index (Phi) is 4.78. The van der Waals surface area contributed by atoms with Gasteiger partial charge in [-0.05, 0) is 11.6 Å². The zero-order valence-corrected chi connectivity index (χ0v) is 14.7. The monoisotopic (exact) mass is 361 g/mol. The number of nitrogens with zero attached hydrogens (tertiary/aromatic N) is 2. The first-order valence-electron chi connectivity index (χ1n) is 7.41. The maximum atomic E-state index is 12.6. The smallest absolute Gasteiger partial charge is 0.279 e. The molecule has 0 unspecified atom stereocenters. The average Bonchev–Trinajstić information content (AvgIpc) is 2.56. The second-order valence-electron chi connectivity index (χ2n) is 5.45. The molecular formula is C17H16ClN3O2S. The van der Waals surface area contributed by atoms with E-state index in [9.17, 15) is 9.59 Å². The van der Waals surface area contributed by atoms with Crippen molar-refractivity contribution in [2.45, 2.75) is 17.5 Å². The SMILES string of the molecule is C=CCSc1nc(=O)c2c(n1C)NC(=O)C[C@@H]2c1ccccc1Cl. The van der Waals surface area contributed by atoms with Crippen LogP contribution in [0.5, 0.6) is 0 Å². The van der Waals surface area contributed by atoms with Crippen LogP contribution in [0.2, 0.25) is 5.02 Å². The van der Waals surface area contributed by atoms with E-state index >= 15 is 0 Å². The number of hydrogen-bond acceptors (Lipinski definition) is 4. The molecule has 0 radical (unpaired) electrons. The van der Waals surface area contributed by atoms with Crippen molar-refractivity contribution in [2.24, 2.45) is 7.05 Å². The molecule has 1 aliphatic rings. The predicted molar refractivity (Wildman–Crippen MR) is 96.9 cm³/mol. The third kappa shape index (κ3) is 2.99. The highest BCUT2D eigenvalue weighted by molar-refractivity contribution is 7.99. The van der Waals surface area contributed by atoms with Gasteiger partial charge in [-0.2, -0.15) is 4.98 Å². The Morgan fingerprint density at radius 2 is 2.21 bits per heavy atom.